The Kier molecular flexibility index (Phi) is 9.08. The van der Waals surface area contributed by atoms with Crippen LogP contribution in [0.15, 0.2) is 53.6 Å². The minimum Gasteiger partial charge on any atom is -0.453 e. The number of nitrogens with zero attached hydrogens (tertiary/aromatic N) is 9. The van der Waals surface area contributed by atoms with E-state index in [9.17, 15) is 19.6 Å². The molecule has 2 saturated carbocycles. The molecular weight excluding hydrogens is 793 g/mol. The zero-order valence-corrected chi connectivity index (χ0v) is 34.2. The summed E-state index contributed by atoms with van der Waals surface area (Å²) >= 11 is 1.28. The van der Waals surface area contributed by atoms with Crippen molar-refractivity contribution in [1.29, 1.82) is 5.26 Å². The summed E-state index contributed by atoms with van der Waals surface area (Å²) in [5.74, 6) is -1.02. The number of halogens is 2. The summed E-state index contributed by atoms with van der Waals surface area (Å²) in [5.41, 5.74) is 2.37. The second kappa shape index (κ2) is 14.2. The van der Waals surface area contributed by atoms with Gasteiger partial charge in [-0.25, -0.2) is 22.9 Å². The summed E-state index contributed by atoms with van der Waals surface area (Å²) < 4.78 is 45.0. The number of aromatic nitrogens is 4. The number of benzene rings is 3. The molecule has 18 heteroatoms. The van der Waals surface area contributed by atoms with Crippen LogP contribution in [-0.2, 0) is 11.8 Å². The van der Waals surface area contributed by atoms with Crippen molar-refractivity contribution >= 4 is 63.1 Å². The normalized spacial score (nSPS) is 20.9. The van der Waals surface area contributed by atoms with Crippen molar-refractivity contribution in [3.63, 3.8) is 0 Å². The quantitative estimate of drug-likeness (QED) is 0.161. The molecule has 2 N–H and O–H groups in total. The maximum Gasteiger partial charge on any atom is 0.329 e. The van der Waals surface area contributed by atoms with Gasteiger partial charge in [-0.3, -0.25) is 34.0 Å². The number of urea groups is 1. The molecule has 3 amide bonds. The van der Waals surface area contributed by atoms with E-state index in [-0.39, 0.29) is 64.2 Å². The summed E-state index contributed by atoms with van der Waals surface area (Å²) in [6, 6.07) is 12.9. The Morgan fingerprint density at radius 3 is 2.48 bits per heavy atom. The topological polar surface area (TPSA) is 157 Å². The van der Waals surface area contributed by atoms with E-state index in [1.54, 1.807) is 40.8 Å². The van der Waals surface area contributed by atoms with Crippen molar-refractivity contribution < 1.29 is 23.1 Å². The van der Waals surface area contributed by atoms with E-state index in [1.807, 2.05) is 24.3 Å². The molecule has 15 nitrogen and oxygen atoms in total. The molecule has 2 spiro atoms. The maximum absolute atomic E-state index is 15.6. The predicted molar refractivity (Wildman–Crippen MR) is 223 cm³/mol. The van der Waals surface area contributed by atoms with Gasteiger partial charge >= 0.3 is 6.03 Å². The molecule has 310 valence electrons. The number of anilines is 3. The van der Waals surface area contributed by atoms with Gasteiger partial charge in [0.1, 0.15) is 23.2 Å². The second-order valence-electron chi connectivity index (χ2n) is 17.2. The summed E-state index contributed by atoms with van der Waals surface area (Å²) in [6.45, 7) is 6.49. The Hall–Kier alpha value is -5.77. The number of rotatable bonds is 10. The van der Waals surface area contributed by atoms with Crippen LogP contribution >= 0.6 is 12.1 Å². The van der Waals surface area contributed by atoms with E-state index in [2.05, 4.69) is 36.0 Å². The molecule has 2 aromatic heterocycles. The van der Waals surface area contributed by atoms with E-state index in [0.29, 0.717) is 39.5 Å². The number of imide groups is 1. The number of carbonyl (C=O) groups excluding carboxylic acids is 2. The van der Waals surface area contributed by atoms with Gasteiger partial charge in [-0.05, 0) is 80.6 Å². The van der Waals surface area contributed by atoms with Crippen LogP contribution in [-0.4, -0.2) is 92.8 Å². The molecule has 0 bridgehead atoms. The van der Waals surface area contributed by atoms with Crippen LogP contribution < -0.4 is 30.1 Å². The predicted octanol–water partition coefficient (Wildman–Crippen LogP) is 5.90. The average molecular weight is 836 g/mol. The maximum atomic E-state index is 15.6. The van der Waals surface area contributed by atoms with Gasteiger partial charge in [0.2, 0.25) is 5.91 Å². The van der Waals surface area contributed by atoms with Crippen LogP contribution in [0.5, 0.6) is 11.5 Å². The minimum absolute atomic E-state index is 0.0226. The van der Waals surface area contributed by atoms with Crippen molar-refractivity contribution in [3.8, 4) is 17.6 Å². The summed E-state index contributed by atoms with van der Waals surface area (Å²) in [6.07, 6.45) is 5.69. The molecule has 5 aromatic rings. The molecule has 0 radical (unpaired) electrons. The SMILES string of the molecule is CCN(C)SNc1ccc(F)c(Oc2ccc3ncn(C4CC5(C4)CN(C4CC6(C4)CN(c4cc7c(cc4F)c(N4CCC(=O)NC4=O)nn7C)C6)C5)c(=O)c3c2)c1C#N. The third-order valence-corrected chi connectivity index (χ3v) is 14.1. The van der Waals surface area contributed by atoms with Crippen molar-refractivity contribution in [2.75, 3.05) is 60.8 Å². The van der Waals surface area contributed by atoms with E-state index in [4.69, 9.17) is 4.74 Å². The number of hydrogen-bond donors (Lipinski definition) is 2. The van der Waals surface area contributed by atoms with Crippen LogP contribution in [0.1, 0.15) is 50.6 Å². The van der Waals surface area contributed by atoms with Crippen LogP contribution in [0, 0.1) is 33.8 Å². The first-order chi connectivity index (χ1) is 28.8. The number of ether oxygens (including phenoxy) is 1. The fraction of sp³-hybridized carbons (Fsp3) is 0.429. The van der Waals surface area contributed by atoms with Gasteiger partial charge in [0.15, 0.2) is 17.4 Å². The van der Waals surface area contributed by atoms with Crippen LogP contribution in [0.3, 0.4) is 0 Å². The number of fused-ring (bicyclic) bond motifs is 2. The molecule has 3 aliphatic heterocycles. The van der Waals surface area contributed by atoms with Crippen molar-refractivity contribution in [2.24, 2.45) is 17.9 Å². The number of amides is 3. The van der Waals surface area contributed by atoms with E-state index in [0.717, 1.165) is 63.9 Å². The highest BCUT2D eigenvalue weighted by Crippen LogP contribution is 2.59. The molecule has 2 aliphatic carbocycles. The van der Waals surface area contributed by atoms with Gasteiger partial charge in [-0.1, -0.05) is 6.92 Å². The largest absolute Gasteiger partial charge is 0.453 e. The number of aryl methyl sites for hydroxylation is 1. The zero-order chi connectivity index (χ0) is 41.7. The Labute approximate surface area is 348 Å². The number of likely N-dealkylation sites (tertiary alicyclic amines) is 1. The summed E-state index contributed by atoms with van der Waals surface area (Å²) in [5, 5.41) is 17.6. The lowest BCUT2D eigenvalue weighted by atomic mass is 9.55. The van der Waals surface area contributed by atoms with Crippen LogP contribution in [0.4, 0.5) is 30.8 Å². The first-order valence-electron chi connectivity index (χ1n) is 20.2. The van der Waals surface area contributed by atoms with Gasteiger partial charge < -0.3 is 14.4 Å². The Bertz CT molecular complexity index is 2710. The lowest BCUT2D eigenvalue weighted by Crippen LogP contribution is -2.72. The van der Waals surface area contributed by atoms with E-state index < -0.39 is 11.8 Å². The fourth-order valence-electron chi connectivity index (χ4n) is 9.91. The molecule has 5 heterocycles. The molecular formula is C42H43F2N11O4S. The van der Waals surface area contributed by atoms with Crippen LogP contribution in [0.2, 0.25) is 0 Å². The smallest absolute Gasteiger partial charge is 0.329 e. The van der Waals surface area contributed by atoms with Crippen molar-refractivity contribution in [2.45, 2.75) is 51.1 Å². The van der Waals surface area contributed by atoms with Crippen molar-refractivity contribution in [1.82, 2.24) is 33.9 Å². The lowest BCUT2D eigenvalue weighted by Gasteiger charge is -2.67. The molecule has 0 unspecified atom stereocenters. The van der Waals surface area contributed by atoms with E-state index in [1.165, 1.54) is 35.2 Å². The van der Waals surface area contributed by atoms with Gasteiger partial charge in [0, 0.05) is 87.8 Å². The fourth-order valence-corrected chi connectivity index (χ4v) is 10.5. The van der Waals surface area contributed by atoms with Crippen LogP contribution in [0.25, 0.3) is 21.8 Å². The van der Waals surface area contributed by atoms with Gasteiger partial charge in [0.25, 0.3) is 5.56 Å². The first-order valence-corrected chi connectivity index (χ1v) is 20.9. The minimum atomic E-state index is -0.687. The number of nitriles is 1. The highest BCUT2D eigenvalue weighted by atomic mass is 32.2. The molecule has 3 saturated heterocycles. The van der Waals surface area contributed by atoms with Gasteiger partial charge in [-0.15, -0.1) is 0 Å². The van der Waals surface area contributed by atoms with Gasteiger partial charge in [-0.2, -0.15) is 10.4 Å². The molecule has 5 fully saturated rings. The molecule has 5 aliphatic rings. The number of hydrogen-bond acceptors (Lipinski definition) is 12. The standard InChI is InChI=1S/C42H43F2N11O4S/c1-4-50(2)60-49-33-8-6-30(43)37(29(33)18-45)59-26-5-7-32-27(11-26)39(57)55(23-46-32)25-16-42(17-25)19-52(20-42)24-14-41(15-24)21-53(22-41)35-13-34-28(12-31(35)44)38(48-51(34)3)54-10-9-36(56)47-40(54)58/h5-8,11-13,23-25,49H,4,9-10,14-17,19-22H2,1-3H3,(H,47,56,58). The summed E-state index contributed by atoms with van der Waals surface area (Å²) in [7, 11) is 3.66. The molecule has 60 heavy (non-hydrogen) atoms. The Morgan fingerprint density at radius 1 is 1.00 bits per heavy atom. The first kappa shape index (κ1) is 38.4. The number of nitrogens with one attached hydrogen (secondary N) is 2. The van der Waals surface area contributed by atoms with E-state index >= 15 is 8.78 Å². The Morgan fingerprint density at radius 2 is 1.75 bits per heavy atom. The number of carbonyl (C=O) groups is 2. The highest BCUT2D eigenvalue weighted by molar-refractivity contribution is 7.98. The Balaban J connectivity index is 0.747. The summed E-state index contributed by atoms with van der Waals surface area (Å²) in [4.78, 5) is 48.6. The highest BCUT2D eigenvalue weighted by Gasteiger charge is 2.60. The zero-order valence-electron chi connectivity index (χ0n) is 33.4. The lowest BCUT2D eigenvalue weighted by molar-refractivity contribution is -0.148. The van der Waals surface area contributed by atoms with Crippen molar-refractivity contribution in [3.05, 3.63) is 76.3 Å². The van der Waals surface area contributed by atoms with Gasteiger partial charge in [0.05, 0.1) is 34.1 Å². The third-order valence-electron chi connectivity index (χ3n) is 13.2. The molecule has 0 atom stereocenters. The second-order valence-corrected chi connectivity index (χ2v) is 18.2. The molecule has 3 aromatic carbocycles. The third kappa shape index (κ3) is 6.32. The average Bonchev–Trinajstić information content (AvgIpc) is 3.48. The molecule has 10 rings (SSSR count). The monoisotopic (exact) mass is 835 g/mol.